The van der Waals surface area contributed by atoms with Gasteiger partial charge in [0, 0.05) is 12.5 Å². The van der Waals surface area contributed by atoms with E-state index in [1.807, 2.05) is 14.0 Å². The van der Waals surface area contributed by atoms with Gasteiger partial charge < -0.3 is 5.32 Å². The van der Waals surface area contributed by atoms with E-state index in [0.29, 0.717) is 6.04 Å². The van der Waals surface area contributed by atoms with Crippen molar-refractivity contribution in [1.29, 1.82) is 0 Å². The van der Waals surface area contributed by atoms with E-state index in [-0.39, 0.29) is 0 Å². The van der Waals surface area contributed by atoms with Crippen LogP contribution in [0.15, 0.2) is 18.2 Å². The number of aryl methyl sites for hydroxylation is 2. The average molecular weight is 215 g/mol. The molecule has 0 bridgehead atoms. The Morgan fingerprint density at radius 2 is 2.00 bits per heavy atom. The van der Waals surface area contributed by atoms with Gasteiger partial charge in [0.15, 0.2) is 0 Å². The molecular weight excluding hydrogens is 194 g/mol. The second kappa shape index (κ2) is 6.35. The maximum atomic E-state index is 3.36. The first-order valence-electron chi connectivity index (χ1n) is 5.83. The van der Waals surface area contributed by atoms with Crippen molar-refractivity contribution in [2.75, 3.05) is 7.05 Å². The zero-order valence-corrected chi connectivity index (χ0v) is 10.7. The van der Waals surface area contributed by atoms with Crippen LogP contribution in [0.2, 0.25) is 0 Å². The van der Waals surface area contributed by atoms with Gasteiger partial charge in [-0.05, 0) is 50.9 Å². The summed E-state index contributed by atoms with van der Waals surface area (Å²) in [6.45, 7) is 6.21. The van der Waals surface area contributed by atoms with Gasteiger partial charge in [0.05, 0.1) is 0 Å². The summed E-state index contributed by atoms with van der Waals surface area (Å²) in [6.07, 6.45) is 2.02. The maximum absolute atomic E-state index is 3.36. The van der Waals surface area contributed by atoms with Crippen molar-refractivity contribution in [3.8, 4) is 11.8 Å². The highest BCUT2D eigenvalue weighted by atomic mass is 14.9. The monoisotopic (exact) mass is 215 g/mol. The Balaban J connectivity index is 2.77. The van der Waals surface area contributed by atoms with E-state index < -0.39 is 0 Å². The molecule has 0 aliphatic carbocycles. The van der Waals surface area contributed by atoms with Crippen molar-refractivity contribution in [3.05, 3.63) is 34.9 Å². The molecule has 0 aliphatic heterocycles. The Kier molecular flexibility index (Phi) is 5.08. The van der Waals surface area contributed by atoms with Crippen LogP contribution < -0.4 is 5.32 Å². The standard InChI is InChI=1S/C15H21N/c1-5-6-7-8-15(16-4)14-10-9-12(2)13(3)11-14/h9-11,15-16H,7-8H2,1-4H3. The quantitative estimate of drug-likeness (QED) is 0.759. The van der Waals surface area contributed by atoms with E-state index >= 15 is 0 Å². The maximum Gasteiger partial charge on any atom is 0.0326 e. The fraction of sp³-hybridized carbons (Fsp3) is 0.467. The van der Waals surface area contributed by atoms with E-state index in [1.54, 1.807) is 0 Å². The Morgan fingerprint density at radius 1 is 1.25 bits per heavy atom. The smallest absolute Gasteiger partial charge is 0.0326 e. The molecule has 1 atom stereocenters. The molecule has 0 heterocycles. The van der Waals surface area contributed by atoms with Crippen molar-refractivity contribution >= 4 is 0 Å². The average Bonchev–Trinajstić information content (AvgIpc) is 2.29. The Bertz CT molecular complexity index is 396. The van der Waals surface area contributed by atoms with Crippen LogP contribution in [0.1, 0.15) is 42.5 Å². The third-order valence-corrected chi connectivity index (χ3v) is 3.02. The topological polar surface area (TPSA) is 12.0 Å². The van der Waals surface area contributed by atoms with Crippen LogP contribution in [0.3, 0.4) is 0 Å². The third-order valence-electron chi connectivity index (χ3n) is 3.02. The van der Waals surface area contributed by atoms with Crippen LogP contribution in [0.5, 0.6) is 0 Å². The highest BCUT2D eigenvalue weighted by molar-refractivity contribution is 5.31. The molecule has 0 amide bonds. The van der Waals surface area contributed by atoms with Crippen LogP contribution in [0.4, 0.5) is 0 Å². The molecule has 1 N–H and O–H groups in total. The van der Waals surface area contributed by atoms with Gasteiger partial charge in [-0.3, -0.25) is 0 Å². The first-order valence-corrected chi connectivity index (χ1v) is 5.83. The van der Waals surface area contributed by atoms with Gasteiger partial charge in [-0.1, -0.05) is 18.2 Å². The fourth-order valence-electron chi connectivity index (χ4n) is 1.80. The molecule has 1 aromatic carbocycles. The van der Waals surface area contributed by atoms with Crippen LogP contribution in [-0.2, 0) is 0 Å². The molecular formula is C15H21N. The first kappa shape index (κ1) is 12.8. The van der Waals surface area contributed by atoms with Gasteiger partial charge in [-0.25, -0.2) is 0 Å². The van der Waals surface area contributed by atoms with Crippen LogP contribution in [0.25, 0.3) is 0 Å². The summed E-state index contributed by atoms with van der Waals surface area (Å²) in [5.41, 5.74) is 4.08. The Hall–Kier alpha value is -1.26. The highest BCUT2D eigenvalue weighted by Crippen LogP contribution is 2.20. The Labute approximate surface area is 99.3 Å². The van der Waals surface area contributed by atoms with Crippen molar-refractivity contribution in [2.24, 2.45) is 0 Å². The molecule has 0 spiro atoms. The van der Waals surface area contributed by atoms with E-state index in [4.69, 9.17) is 0 Å². The van der Waals surface area contributed by atoms with Gasteiger partial charge in [0.2, 0.25) is 0 Å². The minimum Gasteiger partial charge on any atom is -0.313 e. The highest BCUT2D eigenvalue weighted by Gasteiger charge is 2.08. The normalized spacial score (nSPS) is 11.8. The summed E-state index contributed by atoms with van der Waals surface area (Å²) in [6, 6.07) is 7.10. The Morgan fingerprint density at radius 3 is 2.56 bits per heavy atom. The number of hydrogen-bond acceptors (Lipinski definition) is 1. The molecule has 0 saturated carbocycles. The second-order valence-corrected chi connectivity index (χ2v) is 4.15. The van der Waals surface area contributed by atoms with E-state index in [2.05, 4.69) is 49.2 Å². The van der Waals surface area contributed by atoms with Gasteiger partial charge in [-0.2, -0.15) is 0 Å². The lowest BCUT2D eigenvalue weighted by Gasteiger charge is -2.16. The van der Waals surface area contributed by atoms with E-state index in [9.17, 15) is 0 Å². The predicted octanol–water partition coefficient (Wildman–Crippen LogP) is 3.37. The summed E-state index contributed by atoms with van der Waals surface area (Å²) < 4.78 is 0. The molecule has 0 saturated heterocycles. The van der Waals surface area contributed by atoms with Crippen LogP contribution in [0, 0.1) is 25.7 Å². The summed E-state index contributed by atoms with van der Waals surface area (Å²) in [5, 5.41) is 3.36. The second-order valence-electron chi connectivity index (χ2n) is 4.15. The van der Waals surface area contributed by atoms with Crippen molar-refractivity contribution < 1.29 is 0 Å². The summed E-state index contributed by atoms with van der Waals surface area (Å²) in [4.78, 5) is 0. The van der Waals surface area contributed by atoms with Gasteiger partial charge in [0.25, 0.3) is 0 Å². The zero-order chi connectivity index (χ0) is 12.0. The zero-order valence-electron chi connectivity index (χ0n) is 10.7. The van der Waals surface area contributed by atoms with Crippen molar-refractivity contribution in [3.63, 3.8) is 0 Å². The van der Waals surface area contributed by atoms with Gasteiger partial charge in [0.1, 0.15) is 0 Å². The lowest BCUT2D eigenvalue weighted by Crippen LogP contribution is -2.16. The van der Waals surface area contributed by atoms with Crippen LogP contribution in [-0.4, -0.2) is 7.05 Å². The fourth-order valence-corrected chi connectivity index (χ4v) is 1.80. The number of rotatable bonds is 4. The largest absolute Gasteiger partial charge is 0.313 e. The lowest BCUT2D eigenvalue weighted by atomic mass is 9.98. The first-order chi connectivity index (χ1) is 7.69. The summed E-state index contributed by atoms with van der Waals surface area (Å²) in [7, 11) is 2.01. The van der Waals surface area contributed by atoms with Gasteiger partial charge in [-0.15, -0.1) is 11.8 Å². The van der Waals surface area contributed by atoms with Gasteiger partial charge >= 0.3 is 0 Å². The number of nitrogens with one attached hydrogen (secondary N) is 1. The molecule has 1 rings (SSSR count). The van der Waals surface area contributed by atoms with Crippen molar-refractivity contribution in [1.82, 2.24) is 5.32 Å². The number of hydrogen-bond donors (Lipinski definition) is 1. The molecule has 86 valence electrons. The van der Waals surface area contributed by atoms with E-state index in [0.717, 1.165) is 12.8 Å². The SMILES string of the molecule is CC#CCCC(NC)c1ccc(C)c(C)c1. The predicted molar refractivity (Wildman–Crippen MR) is 70.4 cm³/mol. The summed E-state index contributed by atoms with van der Waals surface area (Å²) in [5.74, 6) is 6.06. The molecule has 16 heavy (non-hydrogen) atoms. The third kappa shape index (κ3) is 3.40. The van der Waals surface area contributed by atoms with Crippen molar-refractivity contribution in [2.45, 2.75) is 39.7 Å². The molecule has 0 radical (unpaired) electrons. The van der Waals surface area contributed by atoms with Crippen LogP contribution >= 0.6 is 0 Å². The molecule has 0 aromatic heterocycles. The molecule has 1 unspecified atom stereocenters. The minimum absolute atomic E-state index is 0.417. The molecule has 1 heteroatoms. The molecule has 0 aliphatic rings. The lowest BCUT2D eigenvalue weighted by molar-refractivity contribution is 0.558. The molecule has 1 aromatic rings. The number of benzene rings is 1. The summed E-state index contributed by atoms with van der Waals surface area (Å²) >= 11 is 0. The molecule has 0 fully saturated rings. The minimum atomic E-state index is 0.417. The molecule has 1 nitrogen and oxygen atoms in total. The van der Waals surface area contributed by atoms with E-state index in [1.165, 1.54) is 16.7 Å².